The molecule has 1 saturated heterocycles. The van der Waals surface area contributed by atoms with Crippen molar-refractivity contribution in [2.24, 2.45) is 0 Å². The lowest BCUT2D eigenvalue weighted by molar-refractivity contribution is 0.299. The maximum Gasteiger partial charge on any atom is 0.0963 e. The highest BCUT2D eigenvalue weighted by molar-refractivity contribution is 5.11. The summed E-state index contributed by atoms with van der Waals surface area (Å²) in [5.41, 5.74) is 1.21. The highest BCUT2D eigenvalue weighted by atomic mass is 16.3. The van der Waals surface area contributed by atoms with Crippen molar-refractivity contribution in [3.63, 3.8) is 0 Å². The molecule has 1 aliphatic rings. The van der Waals surface area contributed by atoms with Crippen molar-refractivity contribution in [3.8, 4) is 0 Å². The zero-order chi connectivity index (χ0) is 7.68. The Kier molecular flexibility index (Phi) is 1.68. The number of hydrogen-bond acceptors (Lipinski definition) is 3. The van der Waals surface area contributed by atoms with Gasteiger partial charge in [0.05, 0.1) is 18.7 Å². The minimum absolute atomic E-state index is 0.355. The topological polar surface area (TPSA) is 28.4 Å². The molecule has 0 aromatic carbocycles. The van der Waals surface area contributed by atoms with Gasteiger partial charge >= 0.3 is 0 Å². The van der Waals surface area contributed by atoms with Gasteiger partial charge in [0.15, 0.2) is 0 Å². The second-order valence-electron chi connectivity index (χ2n) is 2.89. The minimum Gasteiger partial charge on any atom is -0.472 e. The van der Waals surface area contributed by atoms with E-state index in [1.807, 2.05) is 6.07 Å². The summed E-state index contributed by atoms with van der Waals surface area (Å²) in [7, 11) is 2.11. The smallest absolute Gasteiger partial charge is 0.0963 e. The van der Waals surface area contributed by atoms with Gasteiger partial charge in [-0.3, -0.25) is 10.2 Å². The Morgan fingerprint density at radius 2 is 2.64 bits per heavy atom. The van der Waals surface area contributed by atoms with E-state index in [2.05, 4.69) is 17.3 Å². The Balaban J connectivity index is 2.16. The van der Waals surface area contributed by atoms with Gasteiger partial charge in [-0.25, -0.2) is 0 Å². The molecule has 0 bridgehead atoms. The van der Waals surface area contributed by atoms with E-state index < -0.39 is 0 Å². The van der Waals surface area contributed by atoms with Crippen molar-refractivity contribution < 1.29 is 4.42 Å². The molecule has 1 fully saturated rings. The maximum atomic E-state index is 5.01. The largest absolute Gasteiger partial charge is 0.472 e. The Hall–Kier alpha value is -0.800. The molecule has 1 aromatic rings. The molecule has 1 N–H and O–H groups in total. The van der Waals surface area contributed by atoms with Crippen LogP contribution in [-0.2, 0) is 0 Å². The van der Waals surface area contributed by atoms with Crippen molar-refractivity contribution in [1.82, 2.24) is 10.2 Å². The summed E-state index contributed by atoms with van der Waals surface area (Å²) in [4.78, 5) is 2.27. The van der Waals surface area contributed by atoms with Crippen LogP contribution in [0.4, 0.5) is 0 Å². The standard InChI is InChI=1S/C8H12N2O/c1-10-4-3-9-8(10)7-2-5-11-6-7/h2,5-6,8-9H,3-4H2,1H3. The Morgan fingerprint density at radius 1 is 1.73 bits per heavy atom. The third-order valence-corrected chi connectivity index (χ3v) is 2.10. The molecule has 0 aliphatic carbocycles. The number of hydrogen-bond donors (Lipinski definition) is 1. The average Bonchev–Trinajstić information content (AvgIpc) is 2.55. The van der Waals surface area contributed by atoms with Crippen molar-refractivity contribution in [2.45, 2.75) is 6.17 Å². The average molecular weight is 152 g/mol. The molecule has 3 nitrogen and oxygen atoms in total. The van der Waals surface area contributed by atoms with Crippen LogP contribution in [0, 0.1) is 0 Å². The molecule has 3 heteroatoms. The number of rotatable bonds is 1. The van der Waals surface area contributed by atoms with E-state index in [-0.39, 0.29) is 0 Å². The molecule has 11 heavy (non-hydrogen) atoms. The van der Waals surface area contributed by atoms with Crippen LogP contribution in [0.5, 0.6) is 0 Å². The summed E-state index contributed by atoms with van der Waals surface area (Å²) in [6, 6.07) is 2.00. The summed E-state index contributed by atoms with van der Waals surface area (Å²) >= 11 is 0. The zero-order valence-corrected chi connectivity index (χ0v) is 6.58. The van der Waals surface area contributed by atoms with Crippen LogP contribution in [0.1, 0.15) is 11.7 Å². The Morgan fingerprint density at radius 3 is 3.18 bits per heavy atom. The number of nitrogens with zero attached hydrogens (tertiary/aromatic N) is 1. The molecule has 1 aromatic heterocycles. The molecule has 2 heterocycles. The fourth-order valence-electron chi connectivity index (χ4n) is 1.47. The van der Waals surface area contributed by atoms with Gasteiger partial charge in [-0.2, -0.15) is 0 Å². The summed E-state index contributed by atoms with van der Waals surface area (Å²) in [5.74, 6) is 0. The number of likely N-dealkylation sites (N-methyl/N-ethyl adjacent to an activating group) is 1. The highest BCUT2D eigenvalue weighted by Crippen LogP contribution is 2.19. The van der Waals surface area contributed by atoms with Crippen LogP contribution in [0.2, 0.25) is 0 Å². The number of furan rings is 1. The lowest BCUT2D eigenvalue weighted by atomic mass is 10.2. The fourth-order valence-corrected chi connectivity index (χ4v) is 1.47. The fraction of sp³-hybridized carbons (Fsp3) is 0.500. The van der Waals surface area contributed by atoms with Crippen LogP contribution in [0.15, 0.2) is 23.0 Å². The predicted molar refractivity (Wildman–Crippen MR) is 42.1 cm³/mol. The van der Waals surface area contributed by atoms with Crippen LogP contribution < -0.4 is 5.32 Å². The summed E-state index contributed by atoms with van der Waals surface area (Å²) in [5, 5.41) is 3.37. The maximum absolute atomic E-state index is 5.01. The molecule has 60 valence electrons. The van der Waals surface area contributed by atoms with Crippen LogP contribution >= 0.6 is 0 Å². The first-order valence-corrected chi connectivity index (χ1v) is 3.83. The summed E-state index contributed by atoms with van der Waals surface area (Å²) < 4.78 is 5.01. The molecule has 1 atom stereocenters. The number of nitrogens with one attached hydrogen (secondary N) is 1. The van der Waals surface area contributed by atoms with E-state index >= 15 is 0 Å². The third kappa shape index (κ3) is 1.17. The van der Waals surface area contributed by atoms with Crippen LogP contribution in [0.25, 0.3) is 0 Å². The normalized spacial score (nSPS) is 26.1. The second kappa shape index (κ2) is 2.68. The molecule has 1 aliphatic heterocycles. The van der Waals surface area contributed by atoms with Gasteiger partial charge in [0.1, 0.15) is 0 Å². The first-order valence-electron chi connectivity index (χ1n) is 3.83. The molecule has 0 radical (unpaired) electrons. The zero-order valence-electron chi connectivity index (χ0n) is 6.58. The summed E-state index contributed by atoms with van der Waals surface area (Å²) in [6.45, 7) is 2.17. The molecule has 1 unspecified atom stereocenters. The molecule has 0 spiro atoms. The monoisotopic (exact) mass is 152 g/mol. The lowest BCUT2D eigenvalue weighted by Crippen LogP contribution is -2.22. The minimum atomic E-state index is 0.355. The second-order valence-corrected chi connectivity index (χ2v) is 2.89. The van der Waals surface area contributed by atoms with E-state index in [0.717, 1.165) is 13.1 Å². The lowest BCUT2D eigenvalue weighted by Gasteiger charge is -2.16. The van der Waals surface area contributed by atoms with Crippen LogP contribution in [-0.4, -0.2) is 25.0 Å². The van der Waals surface area contributed by atoms with Gasteiger partial charge < -0.3 is 4.42 Å². The van der Waals surface area contributed by atoms with E-state index in [1.165, 1.54) is 5.56 Å². The van der Waals surface area contributed by atoms with Gasteiger partial charge in [0.2, 0.25) is 0 Å². The molecule has 2 rings (SSSR count). The van der Waals surface area contributed by atoms with Gasteiger partial charge in [-0.1, -0.05) is 0 Å². The highest BCUT2D eigenvalue weighted by Gasteiger charge is 2.21. The predicted octanol–water partition coefficient (Wildman–Crippen LogP) is 0.813. The molecular formula is C8H12N2O. The Bertz CT molecular complexity index is 220. The van der Waals surface area contributed by atoms with Crippen molar-refractivity contribution in [1.29, 1.82) is 0 Å². The van der Waals surface area contributed by atoms with Crippen LogP contribution in [0.3, 0.4) is 0 Å². The van der Waals surface area contributed by atoms with Crippen molar-refractivity contribution >= 4 is 0 Å². The first kappa shape index (κ1) is 6.88. The molecule has 0 saturated carbocycles. The van der Waals surface area contributed by atoms with Gasteiger partial charge in [0.25, 0.3) is 0 Å². The SMILES string of the molecule is CN1CCNC1c1ccoc1. The van der Waals surface area contributed by atoms with Crippen molar-refractivity contribution in [3.05, 3.63) is 24.2 Å². The van der Waals surface area contributed by atoms with Gasteiger partial charge in [0, 0.05) is 18.7 Å². The third-order valence-electron chi connectivity index (χ3n) is 2.10. The van der Waals surface area contributed by atoms with E-state index in [1.54, 1.807) is 12.5 Å². The molecule has 0 amide bonds. The first-order chi connectivity index (χ1) is 5.38. The molecular weight excluding hydrogens is 140 g/mol. The van der Waals surface area contributed by atoms with E-state index in [9.17, 15) is 0 Å². The van der Waals surface area contributed by atoms with Gasteiger partial charge in [-0.05, 0) is 13.1 Å². The van der Waals surface area contributed by atoms with Gasteiger partial charge in [-0.15, -0.1) is 0 Å². The quantitative estimate of drug-likeness (QED) is 0.645. The van der Waals surface area contributed by atoms with Crippen molar-refractivity contribution in [2.75, 3.05) is 20.1 Å². The Labute approximate surface area is 66.0 Å². The summed E-state index contributed by atoms with van der Waals surface area (Å²) in [6.07, 6.45) is 3.86. The van der Waals surface area contributed by atoms with E-state index in [0.29, 0.717) is 6.17 Å². The van der Waals surface area contributed by atoms with E-state index in [4.69, 9.17) is 4.42 Å².